The molecule has 0 saturated carbocycles. The third-order valence-electron chi connectivity index (χ3n) is 3.80. The van der Waals surface area contributed by atoms with Crippen molar-refractivity contribution in [2.24, 2.45) is 0 Å². The number of carbonyl (C=O) groups excluding carboxylic acids is 1. The lowest BCUT2D eigenvalue weighted by Gasteiger charge is -2.42. The summed E-state index contributed by atoms with van der Waals surface area (Å²) < 4.78 is 5.56. The molecular weight excluding hydrogens is 280 g/mol. The van der Waals surface area contributed by atoms with E-state index in [-0.39, 0.29) is 23.3 Å². The summed E-state index contributed by atoms with van der Waals surface area (Å²) in [6, 6.07) is -0.0790. The first-order chi connectivity index (χ1) is 9.70. The van der Waals surface area contributed by atoms with E-state index in [4.69, 9.17) is 16.3 Å². The van der Waals surface area contributed by atoms with Gasteiger partial charge < -0.3 is 15.0 Å². The zero-order chi connectivity index (χ0) is 14.1. The normalized spacial score (nSPS) is 26.1. The van der Waals surface area contributed by atoms with Crippen LogP contribution < -0.4 is 10.2 Å². The predicted molar refractivity (Wildman–Crippen MR) is 76.1 cm³/mol. The van der Waals surface area contributed by atoms with Crippen LogP contribution in [0.15, 0.2) is 6.20 Å². The molecule has 0 bridgehead atoms. The number of anilines is 2. The van der Waals surface area contributed by atoms with E-state index in [1.54, 1.807) is 6.20 Å². The van der Waals surface area contributed by atoms with Gasteiger partial charge in [-0.05, 0) is 30.9 Å². The summed E-state index contributed by atoms with van der Waals surface area (Å²) in [6.45, 7) is 3.39. The molecule has 20 heavy (non-hydrogen) atoms. The maximum Gasteiger partial charge on any atom is 0.247 e. The van der Waals surface area contributed by atoms with Gasteiger partial charge in [0.15, 0.2) is 5.82 Å². The highest BCUT2D eigenvalue weighted by Gasteiger charge is 2.38. The van der Waals surface area contributed by atoms with E-state index in [1.165, 1.54) is 0 Å². The number of carbonyl (C=O) groups is 1. The number of ether oxygens (including phenoxy) is 1. The molecule has 1 amide bonds. The third kappa shape index (κ3) is 2.33. The molecule has 6 nitrogen and oxygen atoms in total. The highest BCUT2D eigenvalue weighted by Crippen LogP contribution is 2.34. The third-order valence-corrected chi connectivity index (χ3v) is 3.98. The van der Waals surface area contributed by atoms with Crippen molar-refractivity contribution in [3.8, 4) is 0 Å². The van der Waals surface area contributed by atoms with Crippen molar-refractivity contribution in [1.82, 2.24) is 9.97 Å². The summed E-state index contributed by atoms with van der Waals surface area (Å²) in [5.41, 5.74) is 0.620. The van der Waals surface area contributed by atoms with Gasteiger partial charge in [-0.25, -0.2) is 4.98 Å². The van der Waals surface area contributed by atoms with E-state index in [0.29, 0.717) is 24.5 Å². The van der Waals surface area contributed by atoms with Crippen molar-refractivity contribution in [2.45, 2.75) is 38.3 Å². The Labute approximate surface area is 122 Å². The Morgan fingerprint density at radius 3 is 3.15 bits per heavy atom. The molecule has 1 fully saturated rings. The van der Waals surface area contributed by atoms with Gasteiger partial charge in [-0.15, -0.1) is 0 Å². The van der Waals surface area contributed by atoms with Gasteiger partial charge in [-0.2, -0.15) is 4.98 Å². The van der Waals surface area contributed by atoms with Crippen molar-refractivity contribution in [1.29, 1.82) is 0 Å². The first-order valence-electron chi connectivity index (χ1n) is 6.90. The molecule has 108 valence electrons. The van der Waals surface area contributed by atoms with E-state index in [0.717, 1.165) is 19.4 Å². The minimum atomic E-state index is -0.236. The smallest absolute Gasteiger partial charge is 0.247 e. The Hall–Kier alpha value is -1.40. The molecule has 0 aliphatic carbocycles. The summed E-state index contributed by atoms with van der Waals surface area (Å²) in [6.07, 6.45) is 4.26. The summed E-state index contributed by atoms with van der Waals surface area (Å²) >= 11 is 5.92. The van der Waals surface area contributed by atoms with Crippen LogP contribution in [-0.4, -0.2) is 41.2 Å². The van der Waals surface area contributed by atoms with Crippen LogP contribution in [0, 0.1) is 0 Å². The summed E-state index contributed by atoms with van der Waals surface area (Å²) in [5, 5.41) is 3.04. The minimum absolute atomic E-state index is 0.0171. The van der Waals surface area contributed by atoms with Gasteiger partial charge >= 0.3 is 0 Å². The minimum Gasteiger partial charge on any atom is -0.379 e. The molecule has 2 unspecified atom stereocenters. The number of amides is 1. The van der Waals surface area contributed by atoms with Crippen LogP contribution in [0.2, 0.25) is 5.28 Å². The number of nitrogens with zero attached hydrogens (tertiary/aromatic N) is 3. The second-order valence-electron chi connectivity index (χ2n) is 5.07. The average molecular weight is 297 g/mol. The van der Waals surface area contributed by atoms with Crippen molar-refractivity contribution < 1.29 is 9.53 Å². The molecule has 2 aliphatic rings. The largest absolute Gasteiger partial charge is 0.379 e. The first-order valence-corrected chi connectivity index (χ1v) is 7.28. The van der Waals surface area contributed by atoms with Gasteiger partial charge in [0.05, 0.1) is 18.8 Å². The van der Waals surface area contributed by atoms with Crippen LogP contribution in [0.25, 0.3) is 0 Å². The Morgan fingerprint density at radius 2 is 2.45 bits per heavy atom. The number of halogens is 1. The zero-order valence-corrected chi connectivity index (χ0v) is 12.1. The SMILES string of the molecule is CCC1C(=O)Nc2cnc(Cl)nc2N1C1CCCOC1. The maximum atomic E-state index is 12.2. The van der Waals surface area contributed by atoms with E-state index >= 15 is 0 Å². The summed E-state index contributed by atoms with van der Waals surface area (Å²) in [7, 11) is 0. The molecule has 7 heteroatoms. The topological polar surface area (TPSA) is 67.4 Å². The number of hydrogen-bond donors (Lipinski definition) is 1. The van der Waals surface area contributed by atoms with Gasteiger partial charge in [0, 0.05) is 6.61 Å². The van der Waals surface area contributed by atoms with Crippen LogP contribution in [0.3, 0.4) is 0 Å². The lowest BCUT2D eigenvalue weighted by atomic mass is 10.0. The molecule has 1 N–H and O–H groups in total. The Balaban J connectivity index is 2.02. The number of aromatic nitrogens is 2. The molecule has 0 spiro atoms. The fraction of sp³-hybridized carbons (Fsp3) is 0.615. The van der Waals surface area contributed by atoms with Crippen LogP contribution in [0.5, 0.6) is 0 Å². The Kier molecular flexibility index (Phi) is 3.76. The molecule has 1 aromatic heterocycles. The molecule has 0 aromatic carbocycles. The van der Waals surface area contributed by atoms with Crippen LogP contribution in [0.1, 0.15) is 26.2 Å². The lowest BCUT2D eigenvalue weighted by molar-refractivity contribution is -0.118. The fourth-order valence-electron chi connectivity index (χ4n) is 2.88. The maximum absolute atomic E-state index is 12.2. The van der Waals surface area contributed by atoms with Gasteiger partial charge in [-0.3, -0.25) is 4.79 Å². The molecule has 1 saturated heterocycles. The Morgan fingerprint density at radius 1 is 1.60 bits per heavy atom. The van der Waals surface area contributed by atoms with Gasteiger partial charge in [0.2, 0.25) is 11.2 Å². The predicted octanol–water partition coefficient (Wildman–Crippen LogP) is 1.85. The first kappa shape index (κ1) is 13.6. The van der Waals surface area contributed by atoms with E-state index in [1.807, 2.05) is 6.92 Å². The molecule has 1 aromatic rings. The van der Waals surface area contributed by atoms with Crippen LogP contribution in [-0.2, 0) is 9.53 Å². The van der Waals surface area contributed by atoms with E-state index in [2.05, 4.69) is 20.2 Å². The van der Waals surface area contributed by atoms with E-state index < -0.39 is 0 Å². The highest BCUT2D eigenvalue weighted by molar-refractivity contribution is 6.28. The van der Waals surface area contributed by atoms with Crippen molar-refractivity contribution in [3.63, 3.8) is 0 Å². The standard InChI is InChI=1S/C13H17ClN4O2/c1-2-10-12(19)16-9-6-15-13(14)17-11(9)18(10)8-4-3-5-20-7-8/h6,8,10H,2-5,7H2,1H3,(H,16,19). The second-order valence-corrected chi connectivity index (χ2v) is 5.41. The number of fused-ring (bicyclic) bond motifs is 1. The van der Waals surface area contributed by atoms with Gasteiger partial charge in [0.1, 0.15) is 11.7 Å². The quantitative estimate of drug-likeness (QED) is 0.844. The summed E-state index contributed by atoms with van der Waals surface area (Å²) in [4.78, 5) is 22.6. The van der Waals surface area contributed by atoms with Crippen LogP contribution in [0.4, 0.5) is 11.5 Å². The molecule has 3 heterocycles. The monoisotopic (exact) mass is 296 g/mol. The Bertz CT molecular complexity index is 519. The fourth-order valence-corrected chi connectivity index (χ4v) is 3.01. The second kappa shape index (κ2) is 5.54. The van der Waals surface area contributed by atoms with Crippen molar-refractivity contribution in [2.75, 3.05) is 23.4 Å². The highest BCUT2D eigenvalue weighted by atomic mass is 35.5. The number of rotatable bonds is 2. The molecule has 0 radical (unpaired) electrons. The number of hydrogen-bond acceptors (Lipinski definition) is 5. The van der Waals surface area contributed by atoms with Gasteiger partial charge in [-0.1, -0.05) is 6.92 Å². The molecule has 3 rings (SSSR count). The summed E-state index contributed by atoms with van der Waals surface area (Å²) in [5.74, 6) is 0.684. The van der Waals surface area contributed by atoms with Crippen molar-refractivity contribution >= 4 is 29.0 Å². The lowest BCUT2D eigenvalue weighted by Crippen LogP contribution is -2.55. The average Bonchev–Trinajstić information content (AvgIpc) is 2.47. The van der Waals surface area contributed by atoms with Crippen LogP contribution >= 0.6 is 11.6 Å². The molecule has 2 atom stereocenters. The number of nitrogens with one attached hydrogen (secondary N) is 1. The van der Waals surface area contributed by atoms with Gasteiger partial charge in [0.25, 0.3) is 0 Å². The van der Waals surface area contributed by atoms with E-state index in [9.17, 15) is 4.79 Å². The van der Waals surface area contributed by atoms with Crippen molar-refractivity contribution in [3.05, 3.63) is 11.5 Å². The molecule has 2 aliphatic heterocycles. The zero-order valence-electron chi connectivity index (χ0n) is 11.3. The molecular formula is C13H17ClN4O2.